The molecule has 1 aromatic heterocycles. The van der Waals surface area contributed by atoms with Gasteiger partial charge in [-0.25, -0.2) is 27.3 Å². The molecule has 0 unspecified atom stereocenters. The summed E-state index contributed by atoms with van der Waals surface area (Å²) in [4.78, 5) is 90.3. The number of hydrogen-bond acceptors (Lipinski definition) is 22. The Morgan fingerprint density at radius 2 is 1.15 bits per heavy atom. The molecule has 2 aliphatic rings. The van der Waals surface area contributed by atoms with Crippen molar-refractivity contribution < 1.29 is 78.7 Å². The van der Waals surface area contributed by atoms with Gasteiger partial charge in [-0.2, -0.15) is 4.57 Å². The molecule has 100 heavy (non-hydrogen) atoms. The molecular weight excluding hydrogens is 1330 g/mol. The van der Waals surface area contributed by atoms with Gasteiger partial charge >= 0.3 is 29.5 Å². The molecule has 0 spiro atoms. The number of carbonyl (C=O) groups excluding carboxylic acids is 6. The van der Waals surface area contributed by atoms with Gasteiger partial charge in [0.05, 0.1) is 84.9 Å². The first-order chi connectivity index (χ1) is 48.2. The molecule has 8 rings (SSSR count). The van der Waals surface area contributed by atoms with Crippen molar-refractivity contribution in [3.63, 3.8) is 0 Å². The second-order valence-corrected chi connectivity index (χ2v) is 26.4. The van der Waals surface area contributed by atoms with E-state index >= 15 is 0 Å². The average Bonchev–Trinajstić information content (AvgIpc) is 0.820. The summed E-state index contributed by atoms with van der Waals surface area (Å²) in [5.41, 5.74) is 17.7. The van der Waals surface area contributed by atoms with Crippen LogP contribution in [0.5, 0.6) is 11.5 Å². The number of ether oxygens (including phenoxy) is 5. The van der Waals surface area contributed by atoms with E-state index in [2.05, 4.69) is 72.7 Å². The predicted octanol–water partition coefficient (Wildman–Crippen LogP) is 3.53. The molecule has 2 saturated heterocycles. The molecule has 0 saturated carbocycles. The maximum atomic E-state index is 13.6. The fraction of sp³-hybridized carbons (Fsp3) is 0.358. The molecule has 5 aromatic carbocycles. The number of hydroxylamine groups is 1. The van der Waals surface area contributed by atoms with E-state index < -0.39 is 49.6 Å². The summed E-state index contributed by atoms with van der Waals surface area (Å²) in [5, 5.41) is 10.8. The maximum absolute atomic E-state index is 13.6. The van der Waals surface area contributed by atoms with Crippen molar-refractivity contribution in [2.45, 2.75) is 62.7 Å². The monoisotopic (exact) mass is 1420 g/mol. The van der Waals surface area contributed by atoms with E-state index in [4.69, 9.17) is 28.5 Å². The van der Waals surface area contributed by atoms with Gasteiger partial charge in [0.25, 0.3) is 32.7 Å². The van der Waals surface area contributed by atoms with Gasteiger partial charge in [0.2, 0.25) is 0 Å². The molecule has 6 aromatic rings. The van der Waals surface area contributed by atoms with E-state index in [0.29, 0.717) is 89.4 Å². The van der Waals surface area contributed by atoms with Crippen molar-refractivity contribution in [3.05, 3.63) is 156 Å². The van der Waals surface area contributed by atoms with Crippen molar-refractivity contribution >= 4 is 96.0 Å². The summed E-state index contributed by atoms with van der Waals surface area (Å²) in [7, 11) is -5.58. The number of anilines is 5. The van der Waals surface area contributed by atoms with Crippen molar-refractivity contribution in [2.75, 3.05) is 132 Å². The molecule has 11 N–H and O–H groups in total. The third kappa shape index (κ3) is 24.7. The summed E-state index contributed by atoms with van der Waals surface area (Å²) < 4.78 is 87.9. The zero-order valence-electron chi connectivity index (χ0n) is 56.0. The molecular formula is C67H85N15O16S2+2. The van der Waals surface area contributed by atoms with Crippen LogP contribution in [0.2, 0.25) is 0 Å². The lowest BCUT2D eigenvalue weighted by atomic mass is 10.0. The quantitative estimate of drug-likeness (QED) is 0.00510. The molecule has 6 amide bonds. The standard InChI is InChI=1S/C67H83N15O16S2/c1-47-33-49(37-62(83)73-53-12-8-14-57(39-53)100(91,92)79-55-16-18-59(61(41-55)94-4)75-77-67(88)65(86)70-21-10-24-81-27-31-96-32-28-81)36-50(34-47)44-98-72-22-6-5-19-68-63(84)51-35-48(2)42-82(43-51)46-97-45-71-52-11-7-13-56(38-52)99(89,90)78-54-15-17-58(60(40-54)93-3)74-76-66(87)64(85)69-20-9-23-80-25-29-95-30-26-80/h7-8,11-18,33-43,45,72H,5-6,9-10,19-32,44,46H2,1-4H3,(H8-2,68,69,70,73,74,75,76,77,78,79,83,84,85,86,87,88)/p+2. The lowest BCUT2D eigenvalue weighted by molar-refractivity contribution is -0.726. The fourth-order valence-electron chi connectivity index (χ4n) is 10.2. The Balaban J connectivity index is 0.699. The number of pyridine rings is 1. The van der Waals surface area contributed by atoms with Crippen molar-refractivity contribution in [1.82, 2.24) is 42.1 Å². The molecule has 31 nitrogen and oxygen atoms in total. The van der Waals surface area contributed by atoms with E-state index in [9.17, 15) is 45.6 Å². The van der Waals surface area contributed by atoms with Crippen molar-refractivity contribution in [2.24, 2.45) is 4.99 Å². The number of carbonyl (C=O) groups is 6. The lowest BCUT2D eigenvalue weighted by Gasteiger charge is -2.26. The van der Waals surface area contributed by atoms with Gasteiger partial charge in [-0.05, 0) is 125 Å². The zero-order chi connectivity index (χ0) is 71.3. The number of aromatic nitrogens is 1. The highest BCUT2D eigenvalue weighted by molar-refractivity contribution is 7.93. The van der Waals surface area contributed by atoms with Gasteiger partial charge in [0.15, 0.2) is 18.8 Å². The van der Waals surface area contributed by atoms with Gasteiger partial charge in [0, 0.05) is 92.9 Å². The average molecular weight is 1420 g/mol. The topological polar surface area (TPSA) is 381 Å². The number of nitrogens with zero attached hydrogens (tertiary/aromatic N) is 4. The Kier molecular flexibility index (Phi) is 29.0. The van der Waals surface area contributed by atoms with Crippen LogP contribution in [0.25, 0.3) is 0 Å². The number of hydrogen-bond donors (Lipinski definition) is 11. The number of unbranched alkanes of at least 4 members (excludes halogenated alkanes) is 1. The number of nitrogens with one attached hydrogen (secondary N) is 11. The molecule has 0 aliphatic carbocycles. The van der Waals surface area contributed by atoms with E-state index in [1.807, 2.05) is 26.0 Å². The highest BCUT2D eigenvalue weighted by atomic mass is 32.2. The number of hydrazine groups is 2. The van der Waals surface area contributed by atoms with Crippen LogP contribution in [0.4, 0.5) is 34.1 Å². The van der Waals surface area contributed by atoms with Crippen LogP contribution in [-0.4, -0.2) is 175 Å². The number of methoxy groups -OCH3 is 2. The van der Waals surface area contributed by atoms with Gasteiger partial charge in [-0.1, -0.05) is 12.1 Å². The first-order valence-corrected chi connectivity index (χ1v) is 35.1. The number of sulfonamides is 2. The first kappa shape index (κ1) is 75.6. The van der Waals surface area contributed by atoms with Crippen LogP contribution in [0.3, 0.4) is 0 Å². The number of benzene rings is 5. The minimum absolute atomic E-state index is 0.0112. The molecule has 2 aliphatic heterocycles. The van der Waals surface area contributed by atoms with Crippen LogP contribution in [0.1, 0.15) is 58.3 Å². The second-order valence-electron chi connectivity index (χ2n) is 23.0. The van der Waals surface area contributed by atoms with Crippen LogP contribution >= 0.6 is 0 Å². The second kappa shape index (κ2) is 38.3. The molecule has 33 heteroatoms. The van der Waals surface area contributed by atoms with Crippen molar-refractivity contribution in [3.8, 4) is 11.5 Å². The third-order valence-electron chi connectivity index (χ3n) is 15.2. The smallest absolute Gasteiger partial charge is 0.327 e. The molecule has 0 radical (unpaired) electrons. The largest absolute Gasteiger partial charge is 0.494 e. The van der Waals surface area contributed by atoms with Gasteiger partial charge < -0.3 is 45.0 Å². The Labute approximate surface area is 580 Å². The molecule has 534 valence electrons. The minimum atomic E-state index is -4.18. The summed E-state index contributed by atoms with van der Waals surface area (Å²) in [5.74, 6) is -3.93. The SMILES string of the molecule is COc1cc(NS(=O)(=O)c2cccc(N=COC[n+]3cc(C)cc(C(=O)NCCCCNOCc4cc(C)cc([CH+]C(=O)Nc5cccc(S(=O)(=O)Nc6ccc(NNC(=O)C(=O)NCCCN7CCOCC7)c(OC)c6)c5)c4)c3)c2)ccc1NNC(=O)C(=O)NCCCN1CCOCC1. The Morgan fingerprint density at radius 1 is 0.590 bits per heavy atom. The Hall–Kier alpha value is -10.1. The van der Waals surface area contributed by atoms with Gasteiger partial charge in [0.1, 0.15) is 35.7 Å². The normalized spacial score (nSPS) is 13.4. The van der Waals surface area contributed by atoms with E-state index in [-0.39, 0.29) is 74.7 Å². The summed E-state index contributed by atoms with van der Waals surface area (Å²) >= 11 is 0. The molecule has 0 atom stereocenters. The molecule has 2 fully saturated rings. The highest BCUT2D eigenvalue weighted by Gasteiger charge is 2.23. The van der Waals surface area contributed by atoms with Crippen molar-refractivity contribution in [1.29, 1.82) is 0 Å². The molecule has 3 heterocycles. The molecule has 0 bridgehead atoms. The highest BCUT2D eigenvalue weighted by Crippen LogP contribution is 2.31. The number of aryl methyl sites for hydroxylation is 2. The first-order valence-electron chi connectivity index (χ1n) is 32.2. The van der Waals surface area contributed by atoms with Crippen LogP contribution in [0, 0.1) is 20.3 Å². The zero-order valence-corrected chi connectivity index (χ0v) is 57.6. The van der Waals surface area contributed by atoms with Crippen LogP contribution in [0.15, 0.2) is 136 Å². The minimum Gasteiger partial charge on any atom is -0.494 e. The van der Waals surface area contributed by atoms with Crippen LogP contribution < -0.4 is 71.9 Å². The van der Waals surface area contributed by atoms with E-state index in [0.717, 1.165) is 56.0 Å². The summed E-state index contributed by atoms with van der Waals surface area (Å²) in [6.45, 7) is 12.9. The summed E-state index contributed by atoms with van der Waals surface area (Å²) in [6.07, 6.45) is 8.64. The number of aliphatic imine (C=N–C) groups is 1. The van der Waals surface area contributed by atoms with Crippen LogP contribution in [-0.2, 0) is 76.4 Å². The number of rotatable bonds is 36. The lowest BCUT2D eigenvalue weighted by Crippen LogP contribution is -2.43. The predicted molar refractivity (Wildman–Crippen MR) is 372 cm³/mol. The third-order valence-corrected chi connectivity index (χ3v) is 17.9. The van der Waals surface area contributed by atoms with E-state index in [1.165, 1.54) is 99.8 Å². The summed E-state index contributed by atoms with van der Waals surface area (Å²) in [6, 6.07) is 27.5. The Morgan fingerprint density at radius 3 is 1.74 bits per heavy atom. The van der Waals surface area contributed by atoms with E-state index in [1.54, 1.807) is 41.2 Å². The maximum Gasteiger partial charge on any atom is 0.327 e. The van der Waals surface area contributed by atoms with Gasteiger partial charge in [-0.3, -0.25) is 74.6 Å². The fourth-order valence-corrected chi connectivity index (χ4v) is 12.4. The number of morpholine rings is 2. The van der Waals surface area contributed by atoms with Gasteiger partial charge in [-0.15, -0.1) is 0 Å². The Bertz CT molecular complexity index is 4060. The number of amides is 6.